The van der Waals surface area contributed by atoms with Gasteiger partial charge in [0.15, 0.2) is 0 Å². The molecule has 0 radical (unpaired) electrons. The van der Waals surface area contributed by atoms with Gasteiger partial charge in [-0.2, -0.15) is 0 Å². The fraction of sp³-hybridized carbons (Fsp3) is 0.133. The summed E-state index contributed by atoms with van der Waals surface area (Å²) in [6, 6.07) is 7.46. The molecule has 0 saturated heterocycles. The Morgan fingerprint density at radius 1 is 1.28 bits per heavy atom. The first-order valence-corrected chi connectivity index (χ1v) is 5.71. The summed E-state index contributed by atoms with van der Waals surface area (Å²) in [4.78, 5) is 4.10. The number of nitrogens with two attached hydrogens (primary N) is 1. The average Bonchev–Trinajstić information content (AvgIpc) is 2.31. The molecule has 1 heterocycles. The van der Waals surface area contributed by atoms with Crippen LogP contribution in [0.1, 0.15) is 18.1 Å². The number of nitrogen functional groups attached to an aromatic ring is 1. The van der Waals surface area contributed by atoms with Crippen molar-refractivity contribution in [3.63, 3.8) is 0 Å². The minimum atomic E-state index is 0.697. The van der Waals surface area contributed by atoms with Gasteiger partial charge < -0.3 is 10.5 Å². The third kappa shape index (κ3) is 2.69. The molecule has 0 saturated carbocycles. The fourth-order valence-corrected chi connectivity index (χ4v) is 1.68. The van der Waals surface area contributed by atoms with Crippen LogP contribution in [0.15, 0.2) is 43.2 Å². The van der Waals surface area contributed by atoms with Gasteiger partial charge in [0, 0.05) is 17.4 Å². The van der Waals surface area contributed by atoms with Crippen LogP contribution < -0.4 is 10.5 Å². The van der Waals surface area contributed by atoms with Crippen LogP contribution in [0.5, 0.6) is 11.5 Å². The van der Waals surface area contributed by atoms with E-state index in [9.17, 15) is 0 Å². The van der Waals surface area contributed by atoms with Crippen LogP contribution in [-0.2, 0) is 0 Å². The largest absolute Gasteiger partial charge is 0.455 e. The molecule has 2 rings (SSSR count). The number of hydrogen-bond acceptors (Lipinski definition) is 3. The number of nitrogens with zero attached hydrogens (tertiary/aromatic N) is 1. The lowest BCUT2D eigenvalue weighted by molar-refractivity contribution is 0.478. The van der Waals surface area contributed by atoms with Crippen LogP contribution in [0.25, 0.3) is 5.57 Å². The summed E-state index contributed by atoms with van der Waals surface area (Å²) in [6.45, 7) is 7.84. The molecule has 0 aliphatic carbocycles. The Bertz CT molecular complexity index is 591. The van der Waals surface area contributed by atoms with E-state index in [1.54, 1.807) is 12.4 Å². The highest BCUT2D eigenvalue weighted by molar-refractivity contribution is 5.70. The monoisotopic (exact) mass is 240 g/mol. The molecule has 0 bridgehead atoms. The number of allylic oxidation sites excluding steroid dienone is 1. The first kappa shape index (κ1) is 12.2. The lowest BCUT2D eigenvalue weighted by atomic mass is 10.1. The van der Waals surface area contributed by atoms with Crippen molar-refractivity contribution in [2.45, 2.75) is 13.8 Å². The van der Waals surface area contributed by atoms with Gasteiger partial charge >= 0.3 is 0 Å². The zero-order valence-electron chi connectivity index (χ0n) is 10.6. The summed E-state index contributed by atoms with van der Waals surface area (Å²) in [6.07, 6.45) is 3.47. The maximum atomic E-state index is 5.83. The second kappa shape index (κ2) is 4.92. The van der Waals surface area contributed by atoms with E-state index in [1.807, 2.05) is 38.1 Å². The summed E-state index contributed by atoms with van der Waals surface area (Å²) in [5.41, 5.74) is 9.35. The molecule has 2 aromatic rings. The fourth-order valence-electron chi connectivity index (χ4n) is 1.68. The third-order valence-electron chi connectivity index (χ3n) is 2.54. The third-order valence-corrected chi connectivity index (χ3v) is 2.54. The van der Waals surface area contributed by atoms with Gasteiger partial charge in [-0.15, -0.1) is 0 Å². The molecule has 0 aliphatic rings. The molecule has 2 N–H and O–H groups in total. The van der Waals surface area contributed by atoms with E-state index in [0.29, 0.717) is 11.4 Å². The Morgan fingerprint density at radius 3 is 2.72 bits per heavy atom. The molecular formula is C15H16N2O. The van der Waals surface area contributed by atoms with Gasteiger partial charge in [-0.1, -0.05) is 6.58 Å². The van der Waals surface area contributed by atoms with Crippen molar-refractivity contribution in [1.29, 1.82) is 0 Å². The van der Waals surface area contributed by atoms with Crippen molar-refractivity contribution >= 4 is 11.3 Å². The molecule has 92 valence electrons. The average molecular weight is 240 g/mol. The predicted octanol–water partition coefficient (Wildman–Crippen LogP) is 3.80. The number of anilines is 1. The van der Waals surface area contributed by atoms with E-state index in [1.165, 1.54) is 0 Å². The number of rotatable bonds is 3. The maximum Gasteiger partial charge on any atom is 0.146 e. The van der Waals surface area contributed by atoms with Crippen LogP contribution in [0.4, 0.5) is 5.69 Å². The van der Waals surface area contributed by atoms with Crippen molar-refractivity contribution in [2.75, 3.05) is 5.73 Å². The minimum Gasteiger partial charge on any atom is -0.455 e. The highest BCUT2D eigenvalue weighted by Crippen LogP contribution is 2.31. The summed E-state index contributed by atoms with van der Waals surface area (Å²) >= 11 is 0. The molecule has 0 unspecified atom stereocenters. The van der Waals surface area contributed by atoms with Gasteiger partial charge in [-0.3, -0.25) is 4.98 Å². The number of aromatic nitrogens is 1. The van der Waals surface area contributed by atoms with Gasteiger partial charge in [-0.25, -0.2) is 0 Å². The number of hydrogen-bond donors (Lipinski definition) is 1. The van der Waals surface area contributed by atoms with Crippen molar-refractivity contribution in [2.24, 2.45) is 0 Å². The number of aryl methyl sites for hydroxylation is 1. The minimum absolute atomic E-state index is 0.697. The molecule has 0 amide bonds. The Hall–Kier alpha value is -2.29. The Kier molecular flexibility index (Phi) is 3.33. The summed E-state index contributed by atoms with van der Waals surface area (Å²) in [7, 11) is 0. The van der Waals surface area contributed by atoms with E-state index in [4.69, 9.17) is 10.5 Å². The van der Waals surface area contributed by atoms with Crippen molar-refractivity contribution in [3.05, 3.63) is 54.4 Å². The van der Waals surface area contributed by atoms with Gasteiger partial charge in [0.2, 0.25) is 0 Å². The smallest absolute Gasteiger partial charge is 0.146 e. The molecule has 3 heteroatoms. The van der Waals surface area contributed by atoms with Crippen molar-refractivity contribution in [1.82, 2.24) is 4.98 Å². The summed E-state index contributed by atoms with van der Waals surface area (Å²) in [5.74, 6) is 1.45. The molecule has 0 atom stereocenters. The normalized spacial score (nSPS) is 10.1. The van der Waals surface area contributed by atoms with E-state index in [2.05, 4.69) is 11.6 Å². The lowest BCUT2D eigenvalue weighted by Gasteiger charge is -2.12. The number of ether oxygens (including phenoxy) is 1. The highest BCUT2D eigenvalue weighted by Gasteiger charge is 2.06. The number of benzene rings is 1. The molecule has 1 aromatic heterocycles. The Morgan fingerprint density at radius 2 is 2.06 bits per heavy atom. The standard InChI is InChI=1S/C15H16N2O/c1-10(2)14-7-12(16)4-5-15(14)18-13-6-11(3)8-17-9-13/h4-9H,1,16H2,2-3H3. The second-order valence-corrected chi connectivity index (χ2v) is 4.34. The van der Waals surface area contributed by atoms with Crippen LogP contribution >= 0.6 is 0 Å². The zero-order chi connectivity index (χ0) is 13.1. The molecule has 1 aromatic carbocycles. The quantitative estimate of drug-likeness (QED) is 0.830. The van der Waals surface area contributed by atoms with Crippen LogP contribution in [0.2, 0.25) is 0 Å². The predicted molar refractivity (Wildman–Crippen MR) is 74.6 cm³/mol. The van der Waals surface area contributed by atoms with E-state index in [0.717, 1.165) is 22.4 Å². The first-order valence-electron chi connectivity index (χ1n) is 5.71. The van der Waals surface area contributed by atoms with E-state index >= 15 is 0 Å². The molecule has 0 fully saturated rings. The van der Waals surface area contributed by atoms with Gasteiger partial charge in [-0.05, 0) is 49.2 Å². The lowest BCUT2D eigenvalue weighted by Crippen LogP contribution is -1.93. The zero-order valence-corrected chi connectivity index (χ0v) is 10.6. The molecule has 18 heavy (non-hydrogen) atoms. The van der Waals surface area contributed by atoms with E-state index < -0.39 is 0 Å². The van der Waals surface area contributed by atoms with Crippen molar-refractivity contribution in [3.8, 4) is 11.5 Å². The summed E-state index contributed by atoms with van der Waals surface area (Å²) < 4.78 is 5.83. The molecule has 0 spiro atoms. The van der Waals surface area contributed by atoms with Crippen LogP contribution in [-0.4, -0.2) is 4.98 Å². The van der Waals surface area contributed by atoms with E-state index in [-0.39, 0.29) is 0 Å². The van der Waals surface area contributed by atoms with Crippen molar-refractivity contribution < 1.29 is 4.74 Å². The number of pyridine rings is 1. The van der Waals surface area contributed by atoms with Gasteiger partial charge in [0.05, 0.1) is 6.20 Å². The maximum absolute atomic E-state index is 5.83. The summed E-state index contributed by atoms with van der Waals surface area (Å²) in [5, 5.41) is 0. The van der Waals surface area contributed by atoms with Crippen LogP contribution in [0, 0.1) is 6.92 Å². The molecule has 0 aliphatic heterocycles. The van der Waals surface area contributed by atoms with Crippen LogP contribution in [0.3, 0.4) is 0 Å². The highest BCUT2D eigenvalue weighted by atomic mass is 16.5. The topological polar surface area (TPSA) is 48.1 Å². The first-order chi connectivity index (χ1) is 8.56. The Balaban J connectivity index is 2.37. The molecule has 3 nitrogen and oxygen atoms in total. The second-order valence-electron chi connectivity index (χ2n) is 4.34. The van der Waals surface area contributed by atoms with Gasteiger partial charge in [0.25, 0.3) is 0 Å². The van der Waals surface area contributed by atoms with Gasteiger partial charge in [0.1, 0.15) is 11.5 Å². The molecular weight excluding hydrogens is 224 g/mol. The Labute approximate surface area is 107 Å². The SMILES string of the molecule is C=C(C)c1cc(N)ccc1Oc1cncc(C)c1.